The minimum Gasteiger partial charge on any atom is -0.466 e. The van der Waals surface area contributed by atoms with Gasteiger partial charge in [0.05, 0.1) is 18.8 Å². The lowest BCUT2D eigenvalue weighted by atomic mass is 10.2. The smallest absolute Gasteiger partial charge is 0.337 e. The number of carbonyl (C=O) groups is 1. The van der Waals surface area contributed by atoms with E-state index in [9.17, 15) is 4.79 Å². The lowest BCUT2D eigenvalue weighted by Gasteiger charge is -2.15. The average molecular weight is 198 g/mol. The zero-order valence-corrected chi connectivity index (χ0v) is 8.41. The molecule has 0 aromatic carbocycles. The first kappa shape index (κ1) is 10.6. The van der Waals surface area contributed by atoms with E-state index >= 15 is 0 Å². The highest BCUT2D eigenvalue weighted by Crippen LogP contribution is 2.12. The number of hydrogen-bond acceptors (Lipinski definition) is 4. The van der Waals surface area contributed by atoms with Gasteiger partial charge in [-0.05, 0) is 19.9 Å². The van der Waals surface area contributed by atoms with Gasteiger partial charge < -0.3 is 14.2 Å². The van der Waals surface area contributed by atoms with Crippen molar-refractivity contribution >= 4 is 5.97 Å². The number of rotatable bonds is 4. The maximum atomic E-state index is 11.2. The van der Waals surface area contributed by atoms with E-state index < -0.39 is 0 Å². The molecule has 0 aromatic heterocycles. The van der Waals surface area contributed by atoms with Crippen molar-refractivity contribution in [3.63, 3.8) is 0 Å². The Morgan fingerprint density at radius 3 is 2.71 bits per heavy atom. The predicted octanol–water partition coefficient (Wildman–Crippen LogP) is 1.38. The van der Waals surface area contributed by atoms with Crippen molar-refractivity contribution in [2.24, 2.45) is 0 Å². The molecule has 1 rings (SSSR count). The molecule has 1 aliphatic rings. The third-order valence-corrected chi connectivity index (χ3v) is 1.61. The molecule has 0 unspecified atom stereocenters. The molecule has 0 aromatic rings. The molecule has 1 heterocycles. The quantitative estimate of drug-likeness (QED) is 0.640. The highest BCUT2D eigenvalue weighted by molar-refractivity contribution is 5.89. The second kappa shape index (κ2) is 5.32. The monoisotopic (exact) mass is 198 g/mol. The van der Waals surface area contributed by atoms with Crippen LogP contribution in [0.3, 0.4) is 0 Å². The molecule has 78 valence electrons. The first-order chi connectivity index (χ1) is 6.77. The van der Waals surface area contributed by atoms with E-state index in [2.05, 4.69) is 0 Å². The van der Waals surface area contributed by atoms with Crippen molar-refractivity contribution in [1.29, 1.82) is 0 Å². The molecule has 0 spiro atoms. The molecule has 0 amide bonds. The molecular formula is C10H14O4. The van der Waals surface area contributed by atoms with Crippen molar-refractivity contribution in [3.05, 3.63) is 23.7 Å². The summed E-state index contributed by atoms with van der Waals surface area (Å²) < 4.78 is 15.1. The first-order valence-corrected chi connectivity index (χ1v) is 4.61. The summed E-state index contributed by atoms with van der Waals surface area (Å²) in [6, 6.07) is 0. The molecular weight excluding hydrogens is 184 g/mol. The summed E-state index contributed by atoms with van der Waals surface area (Å²) in [5, 5.41) is 0. The van der Waals surface area contributed by atoms with Gasteiger partial charge in [-0.25, -0.2) is 4.79 Å². The zero-order chi connectivity index (χ0) is 10.4. The van der Waals surface area contributed by atoms with Crippen LogP contribution in [0.2, 0.25) is 0 Å². The standard InChI is InChI=1S/C10H14O4/c1-3-12-9-6-5-8(7-14-9)10(11)13-4-2/h5-6H,3-4,7H2,1-2H3. The van der Waals surface area contributed by atoms with E-state index in [4.69, 9.17) is 14.2 Å². The van der Waals surface area contributed by atoms with Gasteiger partial charge in [-0.2, -0.15) is 0 Å². The molecule has 4 nitrogen and oxygen atoms in total. The van der Waals surface area contributed by atoms with Crippen LogP contribution in [0.5, 0.6) is 0 Å². The van der Waals surface area contributed by atoms with Crippen molar-refractivity contribution in [1.82, 2.24) is 0 Å². The Labute approximate surface area is 83.1 Å². The second-order valence-corrected chi connectivity index (χ2v) is 2.62. The molecule has 0 saturated carbocycles. The molecule has 14 heavy (non-hydrogen) atoms. The zero-order valence-electron chi connectivity index (χ0n) is 8.41. The lowest BCUT2D eigenvalue weighted by Crippen LogP contribution is -2.15. The van der Waals surface area contributed by atoms with Crippen LogP contribution in [0.25, 0.3) is 0 Å². The van der Waals surface area contributed by atoms with E-state index in [1.54, 1.807) is 19.1 Å². The number of allylic oxidation sites excluding steroid dienone is 2. The van der Waals surface area contributed by atoms with Crippen LogP contribution in [0.15, 0.2) is 23.7 Å². The fraction of sp³-hybridized carbons (Fsp3) is 0.500. The minimum atomic E-state index is -0.334. The summed E-state index contributed by atoms with van der Waals surface area (Å²) in [7, 11) is 0. The molecule has 0 N–H and O–H groups in total. The van der Waals surface area contributed by atoms with Gasteiger partial charge in [0.15, 0.2) is 0 Å². The molecule has 0 aliphatic carbocycles. The molecule has 0 fully saturated rings. The number of esters is 1. The summed E-state index contributed by atoms with van der Waals surface area (Å²) in [6.45, 7) is 4.77. The Balaban J connectivity index is 2.54. The first-order valence-electron chi connectivity index (χ1n) is 4.61. The van der Waals surface area contributed by atoms with E-state index in [0.29, 0.717) is 24.7 Å². The Morgan fingerprint density at radius 2 is 2.21 bits per heavy atom. The van der Waals surface area contributed by atoms with Gasteiger partial charge in [0.25, 0.3) is 5.95 Å². The fourth-order valence-corrected chi connectivity index (χ4v) is 0.997. The van der Waals surface area contributed by atoms with Gasteiger partial charge in [-0.15, -0.1) is 0 Å². The van der Waals surface area contributed by atoms with Gasteiger partial charge in [0.1, 0.15) is 6.61 Å². The Kier molecular flexibility index (Phi) is 4.04. The summed E-state index contributed by atoms with van der Waals surface area (Å²) in [4.78, 5) is 11.2. The van der Waals surface area contributed by atoms with Crippen LogP contribution in [0.4, 0.5) is 0 Å². The number of hydrogen-bond donors (Lipinski definition) is 0. The van der Waals surface area contributed by atoms with Crippen LogP contribution in [-0.2, 0) is 19.0 Å². The molecule has 1 aliphatic heterocycles. The SMILES string of the molecule is CCOC(=O)C1=CC=C(OCC)OC1. The van der Waals surface area contributed by atoms with Crippen LogP contribution >= 0.6 is 0 Å². The normalized spacial score (nSPS) is 15.0. The van der Waals surface area contributed by atoms with Gasteiger partial charge in [-0.1, -0.05) is 0 Å². The van der Waals surface area contributed by atoms with Gasteiger partial charge in [0.2, 0.25) is 0 Å². The van der Waals surface area contributed by atoms with Crippen molar-refractivity contribution in [2.75, 3.05) is 19.8 Å². The molecule has 0 saturated heterocycles. The third kappa shape index (κ3) is 2.80. The van der Waals surface area contributed by atoms with E-state index in [1.165, 1.54) is 0 Å². The number of carbonyl (C=O) groups excluding carboxylic acids is 1. The van der Waals surface area contributed by atoms with Crippen LogP contribution in [0, 0.1) is 0 Å². The van der Waals surface area contributed by atoms with Crippen LogP contribution in [0.1, 0.15) is 13.8 Å². The predicted molar refractivity (Wildman–Crippen MR) is 50.4 cm³/mol. The Bertz CT molecular complexity index is 265. The van der Waals surface area contributed by atoms with Crippen molar-refractivity contribution < 1.29 is 19.0 Å². The summed E-state index contributed by atoms with van der Waals surface area (Å²) in [5.41, 5.74) is 0.510. The largest absolute Gasteiger partial charge is 0.466 e. The Morgan fingerprint density at radius 1 is 1.43 bits per heavy atom. The van der Waals surface area contributed by atoms with E-state index in [0.717, 1.165) is 0 Å². The Hall–Kier alpha value is -1.45. The third-order valence-electron chi connectivity index (χ3n) is 1.61. The number of ether oxygens (including phenoxy) is 3. The average Bonchev–Trinajstić information content (AvgIpc) is 2.20. The molecule has 0 atom stereocenters. The van der Waals surface area contributed by atoms with Crippen molar-refractivity contribution in [3.8, 4) is 0 Å². The summed E-state index contributed by atoms with van der Waals surface area (Å²) in [6.07, 6.45) is 3.28. The van der Waals surface area contributed by atoms with E-state index in [1.807, 2.05) is 6.92 Å². The molecule has 0 radical (unpaired) electrons. The maximum absolute atomic E-state index is 11.2. The maximum Gasteiger partial charge on any atom is 0.337 e. The van der Waals surface area contributed by atoms with Gasteiger partial charge in [0, 0.05) is 6.08 Å². The van der Waals surface area contributed by atoms with Crippen molar-refractivity contribution in [2.45, 2.75) is 13.8 Å². The van der Waals surface area contributed by atoms with Gasteiger partial charge in [-0.3, -0.25) is 0 Å². The minimum absolute atomic E-state index is 0.213. The molecule has 0 bridgehead atoms. The highest BCUT2D eigenvalue weighted by atomic mass is 16.7. The van der Waals surface area contributed by atoms with Crippen LogP contribution in [-0.4, -0.2) is 25.8 Å². The summed E-state index contributed by atoms with van der Waals surface area (Å²) in [5.74, 6) is 0.111. The summed E-state index contributed by atoms with van der Waals surface area (Å²) >= 11 is 0. The topological polar surface area (TPSA) is 44.8 Å². The lowest BCUT2D eigenvalue weighted by molar-refractivity contribution is -0.139. The highest BCUT2D eigenvalue weighted by Gasteiger charge is 2.15. The second-order valence-electron chi connectivity index (χ2n) is 2.62. The van der Waals surface area contributed by atoms with Gasteiger partial charge >= 0.3 is 5.97 Å². The van der Waals surface area contributed by atoms with Crippen LogP contribution < -0.4 is 0 Å². The van der Waals surface area contributed by atoms with E-state index in [-0.39, 0.29) is 12.6 Å². The molecule has 4 heteroatoms. The fourth-order valence-electron chi connectivity index (χ4n) is 0.997.